The number of anilines is 2. The third-order valence-electron chi connectivity index (χ3n) is 2.18. The quantitative estimate of drug-likeness (QED) is 0.789. The maximum absolute atomic E-state index is 11.6. The van der Waals surface area contributed by atoms with Gasteiger partial charge in [-0.15, -0.1) is 0 Å². The molecule has 2 N–H and O–H groups in total. The van der Waals surface area contributed by atoms with Crippen molar-refractivity contribution in [2.75, 3.05) is 44.1 Å². The lowest BCUT2D eigenvalue weighted by Crippen LogP contribution is -2.28. The molecule has 0 radical (unpaired) electrons. The van der Waals surface area contributed by atoms with E-state index in [-0.39, 0.29) is 12.3 Å². The summed E-state index contributed by atoms with van der Waals surface area (Å²) >= 11 is 3.29. The van der Waals surface area contributed by atoms with Gasteiger partial charge in [-0.05, 0) is 15.9 Å². The number of hydrogen-bond donors (Lipinski definition) is 2. The summed E-state index contributed by atoms with van der Waals surface area (Å²) in [5.41, 5.74) is 0. The van der Waals surface area contributed by atoms with Gasteiger partial charge >= 0.3 is 0 Å². The number of nitrogens with zero attached hydrogens (tertiary/aromatic N) is 3. The summed E-state index contributed by atoms with van der Waals surface area (Å²) in [6, 6.07) is 0. The first-order chi connectivity index (χ1) is 8.36. The number of hydrogen-bond acceptors (Lipinski definition) is 6. The lowest BCUT2D eigenvalue weighted by atomic mass is 10.5. The van der Waals surface area contributed by atoms with Crippen LogP contribution in [0.25, 0.3) is 0 Å². The second-order valence-corrected chi connectivity index (χ2v) is 6.82. The summed E-state index contributed by atoms with van der Waals surface area (Å²) in [6.07, 6.45) is 1.60. The van der Waals surface area contributed by atoms with Crippen LogP contribution >= 0.6 is 15.9 Å². The topological polar surface area (TPSA) is 87.2 Å². The van der Waals surface area contributed by atoms with Crippen molar-refractivity contribution in [2.45, 2.75) is 0 Å². The molecule has 18 heavy (non-hydrogen) atoms. The molecule has 1 aromatic rings. The van der Waals surface area contributed by atoms with Gasteiger partial charge in [-0.25, -0.2) is 17.7 Å². The van der Waals surface area contributed by atoms with Crippen molar-refractivity contribution in [1.29, 1.82) is 0 Å². The van der Waals surface area contributed by atoms with E-state index < -0.39 is 10.0 Å². The van der Waals surface area contributed by atoms with Crippen molar-refractivity contribution >= 4 is 37.7 Å². The van der Waals surface area contributed by atoms with Crippen LogP contribution in [0.4, 0.5) is 11.8 Å². The van der Waals surface area contributed by atoms with E-state index in [0.29, 0.717) is 16.2 Å². The van der Waals surface area contributed by atoms with Gasteiger partial charge in [0.1, 0.15) is 5.82 Å². The summed E-state index contributed by atoms with van der Waals surface area (Å²) in [5.74, 6) is 1.03. The highest BCUT2D eigenvalue weighted by Gasteiger charge is 2.13. The van der Waals surface area contributed by atoms with E-state index in [1.807, 2.05) is 0 Å². The summed E-state index contributed by atoms with van der Waals surface area (Å²) in [7, 11) is 1.53. The molecule has 7 nitrogen and oxygen atoms in total. The van der Waals surface area contributed by atoms with Crippen LogP contribution in [0.1, 0.15) is 0 Å². The van der Waals surface area contributed by atoms with Gasteiger partial charge < -0.3 is 10.6 Å². The summed E-state index contributed by atoms with van der Waals surface area (Å²) in [4.78, 5) is 8.17. The Balaban J connectivity index is 2.64. The van der Waals surface area contributed by atoms with E-state index in [2.05, 4.69) is 36.5 Å². The van der Waals surface area contributed by atoms with Crippen molar-refractivity contribution in [1.82, 2.24) is 14.3 Å². The fourth-order valence-electron chi connectivity index (χ4n) is 1.09. The van der Waals surface area contributed by atoms with Gasteiger partial charge in [-0.1, -0.05) is 0 Å². The Kier molecular flexibility index (Phi) is 5.29. The highest BCUT2D eigenvalue weighted by molar-refractivity contribution is 9.10. The van der Waals surface area contributed by atoms with Crippen LogP contribution in [0.2, 0.25) is 0 Å². The molecule has 0 fully saturated rings. The van der Waals surface area contributed by atoms with Crippen molar-refractivity contribution in [2.24, 2.45) is 0 Å². The summed E-state index contributed by atoms with van der Waals surface area (Å²) in [5, 5.41) is 5.76. The highest BCUT2D eigenvalue weighted by atomic mass is 79.9. The Morgan fingerprint density at radius 2 is 2.11 bits per heavy atom. The van der Waals surface area contributed by atoms with E-state index in [4.69, 9.17) is 0 Å². The summed E-state index contributed by atoms with van der Waals surface area (Å²) < 4.78 is 25.0. The van der Waals surface area contributed by atoms with E-state index in [1.165, 1.54) is 18.4 Å². The minimum Gasteiger partial charge on any atom is -0.368 e. The number of rotatable bonds is 6. The van der Waals surface area contributed by atoms with Crippen LogP contribution < -0.4 is 10.6 Å². The molecular formula is C9H16BrN5O2S. The Morgan fingerprint density at radius 1 is 1.44 bits per heavy atom. The zero-order chi connectivity index (χ0) is 13.8. The minimum absolute atomic E-state index is 0.00529. The van der Waals surface area contributed by atoms with Crippen LogP contribution in [0, 0.1) is 0 Å². The Labute approximate surface area is 115 Å². The maximum atomic E-state index is 11.6. The number of aromatic nitrogens is 2. The molecule has 102 valence electrons. The molecule has 1 rings (SSSR count). The Hall–Kier alpha value is -0.930. The normalized spacial score (nSPS) is 11.6. The molecule has 1 heterocycles. The molecule has 0 unspecified atom stereocenters. The van der Waals surface area contributed by atoms with Crippen LogP contribution in [0.15, 0.2) is 10.7 Å². The van der Waals surface area contributed by atoms with Crippen molar-refractivity contribution in [3.05, 3.63) is 10.7 Å². The van der Waals surface area contributed by atoms with E-state index in [1.54, 1.807) is 13.2 Å². The molecular weight excluding hydrogens is 322 g/mol. The van der Waals surface area contributed by atoms with Crippen molar-refractivity contribution in [3.8, 4) is 0 Å². The molecule has 9 heteroatoms. The largest absolute Gasteiger partial charge is 0.368 e. The number of halogens is 1. The third kappa shape index (κ3) is 4.07. The van der Waals surface area contributed by atoms with Gasteiger partial charge in [-0.2, -0.15) is 4.98 Å². The molecule has 0 aliphatic rings. The van der Waals surface area contributed by atoms with Gasteiger partial charge in [0.2, 0.25) is 16.0 Å². The zero-order valence-corrected chi connectivity index (χ0v) is 12.8. The fourth-order valence-corrected chi connectivity index (χ4v) is 2.15. The summed E-state index contributed by atoms with van der Waals surface area (Å²) in [6.45, 7) is 0.277. The number of sulfonamides is 1. The standard InChI is InChI=1S/C9H16BrN5O2S/c1-11-9-13-6-7(10)8(14-9)12-4-5-18(16,17)15(2)3/h6H,4-5H2,1-3H3,(H2,11,12,13,14). The van der Waals surface area contributed by atoms with Gasteiger partial charge in [0, 0.05) is 33.9 Å². The molecule has 0 aliphatic heterocycles. The predicted molar refractivity (Wildman–Crippen MR) is 75.2 cm³/mol. The molecule has 0 saturated carbocycles. The molecule has 1 aromatic heterocycles. The minimum atomic E-state index is -3.20. The molecule has 0 aliphatic carbocycles. The van der Waals surface area contributed by atoms with Crippen LogP contribution in [-0.4, -0.2) is 56.1 Å². The lowest BCUT2D eigenvalue weighted by molar-refractivity contribution is 0.521. The van der Waals surface area contributed by atoms with E-state index in [9.17, 15) is 8.42 Å². The molecule has 0 spiro atoms. The molecule has 0 atom stereocenters. The van der Waals surface area contributed by atoms with Gasteiger partial charge in [0.05, 0.1) is 10.2 Å². The molecule has 0 bridgehead atoms. The van der Waals surface area contributed by atoms with E-state index >= 15 is 0 Å². The van der Waals surface area contributed by atoms with Crippen LogP contribution in [-0.2, 0) is 10.0 Å². The maximum Gasteiger partial charge on any atom is 0.224 e. The fraction of sp³-hybridized carbons (Fsp3) is 0.556. The van der Waals surface area contributed by atoms with Crippen molar-refractivity contribution in [3.63, 3.8) is 0 Å². The lowest BCUT2D eigenvalue weighted by Gasteiger charge is -2.12. The molecule has 0 amide bonds. The first-order valence-corrected chi connectivity index (χ1v) is 7.61. The average molecular weight is 338 g/mol. The second kappa shape index (κ2) is 6.30. The van der Waals surface area contributed by atoms with E-state index in [0.717, 1.165) is 0 Å². The zero-order valence-electron chi connectivity index (χ0n) is 10.4. The van der Waals surface area contributed by atoms with Gasteiger partial charge in [-0.3, -0.25) is 0 Å². The average Bonchev–Trinajstić information content (AvgIpc) is 2.31. The molecule has 0 aromatic carbocycles. The second-order valence-electron chi connectivity index (χ2n) is 3.67. The Morgan fingerprint density at radius 3 is 2.67 bits per heavy atom. The van der Waals surface area contributed by atoms with Gasteiger partial charge in [0.25, 0.3) is 0 Å². The monoisotopic (exact) mass is 337 g/mol. The van der Waals surface area contributed by atoms with Crippen LogP contribution in [0.3, 0.4) is 0 Å². The highest BCUT2D eigenvalue weighted by Crippen LogP contribution is 2.19. The van der Waals surface area contributed by atoms with Crippen LogP contribution in [0.5, 0.6) is 0 Å². The van der Waals surface area contributed by atoms with Gasteiger partial charge in [0.15, 0.2) is 0 Å². The SMILES string of the molecule is CNc1ncc(Br)c(NCCS(=O)(=O)N(C)C)n1. The molecule has 0 saturated heterocycles. The Bertz CT molecular complexity index is 506. The number of nitrogens with one attached hydrogen (secondary N) is 2. The third-order valence-corrected chi connectivity index (χ3v) is 4.59. The predicted octanol–water partition coefficient (Wildman–Crippen LogP) is 0.584. The van der Waals surface area contributed by atoms with Crippen molar-refractivity contribution < 1.29 is 8.42 Å². The first kappa shape index (κ1) is 15.1. The first-order valence-electron chi connectivity index (χ1n) is 5.21. The smallest absolute Gasteiger partial charge is 0.224 e.